The molecule has 0 amide bonds. The number of hydrogen-bond donors (Lipinski definition) is 0. The highest BCUT2D eigenvalue weighted by atomic mass is 35.5. The molecular formula is C7H6Cl2F3N. The molecule has 0 spiro atoms. The Morgan fingerprint density at radius 3 is 2.38 bits per heavy atom. The average molecular weight is 232 g/mol. The first-order valence-corrected chi connectivity index (χ1v) is 3.65. The van der Waals surface area contributed by atoms with Gasteiger partial charge in [0.25, 0.3) is 0 Å². The predicted molar refractivity (Wildman–Crippen MR) is 46.0 cm³/mol. The van der Waals surface area contributed by atoms with Gasteiger partial charge < -0.3 is 0 Å². The predicted octanol–water partition coefficient (Wildman–Crippen LogP) is 3.26. The molecule has 6 heteroatoms. The van der Waals surface area contributed by atoms with Crippen LogP contribution in [-0.4, -0.2) is 4.98 Å². The van der Waals surface area contributed by atoms with Crippen molar-refractivity contribution in [1.29, 1.82) is 0 Å². The van der Waals surface area contributed by atoms with Crippen LogP contribution in [0.3, 0.4) is 0 Å². The minimum absolute atomic E-state index is 0. The maximum Gasteiger partial charge on any atom is 0.416 e. The van der Waals surface area contributed by atoms with E-state index in [4.69, 9.17) is 11.6 Å². The van der Waals surface area contributed by atoms with Crippen molar-refractivity contribution in [2.45, 2.75) is 12.1 Å². The first-order chi connectivity index (χ1) is 5.55. The van der Waals surface area contributed by atoms with Crippen molar-refractivity contribution in [3.63, 3.8) is 0 Å². The molecule has 1 aromatic heterocycles. The highest BCUT2D eigenvalue weighted by molar-refractivity contribution is 6.17. The Morgan fingerprint density at radius 1 is 1.38 bits per heavy atom. The van der Waals surface area contributed by atoms with Gasteiger partial charge in [0.2, 0.25) is 0 Å². The van der Waals surface area contributed by atoms with Crippen LogP contribution < -0.4 is 0 Å². The summed E-state index contributed by atoms with van der Waals surface area (Å²) in [5.41, 5.74) is -0.709. The summed E-state index contributed by atoms with van der Waals surface area (Å²) in [4.78, 5) is 3.55. The lowest BCUT2D eigenvalue weighted by molar-refractivity contribution is -0.138. The van der Waals surface area contributed by atoms with Gasteiger partial charge in [0.15, 0.2) is 0 Å². The van der Waals surface area contributed by atoms with Gasteiger partial charge in [-0.3, -0.25) is 4.98 Å². The Hall–Kier alpha value is -0.480. The molecule has 0 bridgehead atoms. The van der Waals surface area contributed by atoms with Gasteiger partial charge in [-0.2, -0.15) is 13.2 Å². The number of hydrogen-bond acceptors (Lipinski definition) is 1. The molecule has 0 aromatic carbocycles. The summed E-state index contributed by atoms with van der Waals surface area (Å²) in [6.07, 6.45) is -2.12. The monoisotopic (exact) mass is 231 g/mol. The summed E-state index contributed by atoms with van der Waals surface area (Å²) in [5, 5.41) is 0. The minimum atomic E-state index is -4.34. The van der Waals surface area contributed by atoms with Gasteiger partial charge in [-0.05, 0) is 11.6 Å². The van der Waals surface area contributed by atoms with Crippen LogP contribution in [0.25, 0.3) is 0 Å². The highest BCUT2D eigenvalue weighted by Gasteiger charge is 2.32. The van der Waals surface area contributed by atoms with Crippen molar-refractivity contribution in [1.82, 2.24) is 4.98 Å². The van der Waals surface area contributed by atoms with Crippen LogP contribution in [0, 0.1) is 0 Å². The fourth-order valence-electron chi connectivity index (χ4n) is 0.810. The molecule has 1 rings (SSSR count). The summed E-state index contributed by atoms with van der Waals surface area (Å²) in [5.74, 6) is -0.178. The van der Waals surface area contributed by atoms with Crippen molar-refractivity contribution in [3.05, 3.63) is 29.6 Å². The zero-order chi connectivity index (χ0) is 9.19. The topological polar surface area (TPSA) is 12.9 Å². The van der Waals surface area contributed by atoms with E-state index in [0.29, 0.717) is 0 Å². The van der Waals surface area contributed by atoms with Gasteiger partial charge in [-0.15, -0.1) is 24.0 Å². The second-order valence-electron chi connectivity index (χ2n) is 2.16. The van der Waals surface area contributed by atoms with Crippen LogP contribution in [0.1, 0.15) is 11.1 Å². The van der Waals surface area contributed by atoms with Gasteiger partial charge >= 0.3 is 6.18 Å². The third-order valence-corrected chi connectivity index (χ3v) is 1.64. The number of aromatic nitrogens is 1. The molecule has 0 saturated carbocycles. The molecule has 0 N–H and O–H groups in total. The molecule has 0 aliphatic rings. The quantitative estimate of drug-likeness (QED) is 0.677. The van der Waals surface area contributed by atoms with Crippen molar-refractivity contribution >= 4 is 24.0 Å². The smallest absolute Gasteiger partial charge is 0.264 e. The Labute approximate surface area is 84.3 Å². The lowest BCUT2D eigenvalue weighted by atomic mass is 10.1. The van der Waals surface area contributed by atoms with E-state index in [1.54, 1.807) is 0 Å². The molecule has 0 fully saturated rings. The lowest BCUT2D eigenvalue weighted by Crippen LogP contribution is -2.08. The summed E-state index contributed by atoms with van der Waals surface area (Å²) >= 11 is 5.30. The number of alkyl halides is 4. The van der Waals surface area contributed by atoms with Gasteiger partial charge in [-0.25, -0.2) is 0 Å². The van der Waals surface area contributed by atoms with Gasteiger partial charge in [0, 0.05) is 18.3 Å². The van der Waals surface area contributed by atoms with Crippen LogP contribution in [-0.2, 0) is 12.1 Å². The zero-order valence-corrected chi connectivity index (χ0v) is 7.88. The Morgan fingerprint density at radius 2 is 2.00 bits per heavy atom. The van der Waals surface area contributed by atoms with Crippen LogP contribution in [0.4, 0.5) is 13.2 Å². The maximum atomic E-state index is 12.1. The molecule has 13 heavy (non-hydrogen) atoms. The fraction of sp³-hybridized carbons (Fsp3) is 0.286. The molecule has 1 aromatic rings. The third-order valence-electron chi connectivity index (χ3n) is 1.35. The van der Waals surface area contributed by atoms with E-state index in [-0.39, 0.29) is 23.9 Å². The van der Waals surface area contributed by atoms with Gasteiger partial charge in [0.05, 0.1) is 5.56 Å². The van der Waals surface area contributed by atoms with E-state index in [2.05, 4.69) is 4.98 Å². The fourth-order valence-corrected chi connectivity index (χ4v) is 1.02. The third kappa shape index (κ3) is 3.04. The number of halogens is 5. The first kappa shape index (κ1) is 12.5. The summed E-state index contributed by atoms with van der Waals surface area (Å²) in [7, 11) is 0. The molecule has 0 radical (unpaired) electrons. The second kappa shape index (κ2) is 4.67. The average Bonchev–Trinajstić information content (AvgIpc) is 2.03. The van der Waals surface area contributed by atoms with Crippen molar-refractivity contribution in [3.8, 4) is 0 Å². The Balaban J connectivity index is 0.00000144. The SMILES string of the molecule is Cl.FC(F)(F)c1ccncc1CCl. The molecular weight excluding hydrogens is 226 g/mol. The molecule has 0 atom stereocenters. The van der Waals surface area contributed by atoms with Crippen LogP contribution in [0.2, 0.25) is 0 Å². The summed E-state index contributed by atoms with van der Waals surface area (Å²) in [6, 6.07) is 0.914. The number of nitrogens with zero attached hydrogens (tertiary/aromatic N) is 1. The second-order valence-corrected chi connectivity index (χ2v) is 2.43. The number of rotatable bonds is 1. The van der Waals surface area contributed by atoms with Crippen LogP contribution in [0.5, 0.6) is 0 Å². The summed E-state index contributed by atoms with van der Waals surface area (Å²) < 4.78 is 36.4. The van der Waals surface area contributed by atoms with E-state index in [1.165, 1.54) is 0 Å². The molecule has 0 unspecified atom stereocenters. The molecule has 1 nitrogen and oxygen atoms in total. The van der Waals surface area contributed by atoms with Crippen LogP contribution >= 0.6 is 24.0 Å². The minimum Gasteiger partial charge on any atom is -0.264 e. The molecule has 0 saturated heterocycles. The van der Waals surface area contributed by atoms with E-state index >= 15 is 0 Å². The molecule has 1 heterocycles. The van der Waals surface area contributed by atoms with E-state index in [1.807, 2.05) is 0 Å². The van der Waals surface area contributed by atoms with Crippen molar-refractivity contribution < 1.29 is 13.2 Å². The van der Waals surface area contributed by atoms with Gasteiger partial charge in [-0.1, -0.05) is 0 Å². The van der Waals surface area contributed by atoms with Crippen LogP contribution in [0.15, 0.2) is 18.5 Å². The zero-order valence-electron chi connectivity index (χ0n) is 6.31. The van der Waals surface area contributed by atoms with E-state index in [0.717, 1.165) is 18.5 Å². The Bertz CT molecular complexity index is 275. The van der Waals surface area contributed by atoms with Gasteiger partial charge in [0.1, 0.15) is 0 Å². The largest absolute Gasteiger partial charge is 0.416 e. The molecule has 0 aliphatic heterocycles. The first-order valence-electron chi connectivity index (χ1n) is 3.11. The standard InChI is InChI=1S/C7H5ClF3N.ClH/c8-3-5-4-12-2-1-6(5)7(9,10)11;/h1-2,4H,3H2;1H. The van der Waals surface area contributed by atoms with Crippen molar-refractivity contribution in [2.75, 3.05) is 0 Å². The van der Waals surface area contributed by atoms with Crippen molar-refractivity contribution in [2.24, 2.45) is 0 Å². The van der Waals surface area contributed by atoms with E-state index in [9.17, 15) is 13.2 Å². The van der Waals surface area contributed by atoms with E-state index < -0.39 is 11.7 Å². The number of pyridine rings is 1. The molecule has 74 valence electrons. The normalized spacial score (nSPS) is 10.8. The maximum absolute atomic E-state index is 12.1. The summed E-state index contributed by atoms with van der Waals surface area (Å²) in [6.45, 7) is 0. The molecule has 0 aliphatic carbocycles. The Kier molecular flexibility index (Phi) is 4.50. The highest BCUT2D eigenvalue weighted by Crippen LogP contribution is 2.31. The lowest BCUT2D eigenvalue weighted by Gasteiger charge is -2.09.